The van der Waals surface area contributed by atoms with E-state index in [9.17, 15) is 4.79 Å². The summed E-state index contributed by atoms with van der Waals surface area (Å²) in [4.78, 5) is 16.1. The van der Waals surface area contributed by atoms with Crippen LogP contribution in [-0.4, -0.2) is 18.1 Å². The van der Waals surface area contributed by atoms with Crippen LogP contribution >= 0.6 is 11.3 Å². The summed E-state index contributed by atoms with van der Waals surface area (Å²) in [6.45, 7) is 1.91. The number of aromatic nitrogens is 1. The van der Waals surface area contributed by atoms with Crippen LogP contribution in [0.2, 0.25) is 0 Å². The molecule has 0 aliphatic rings. The van der Waals surface area contributed by atoms with Crippen molar-refractivity contribution >= 4 is 22.4 Å². The molecule has 1 aromatic carbocycles. The van der Waals surface area contributed by atoms with Crippen molar-refractivity contribution in [3.63, 3.8) is 0 Å². The number of carbonyl (C=O) groups excluding carboxylic acids is 1. The Kier molecular flexibility index (Phi) is 3.94. The fourth-order valence-corrected chi connectivity index (χ4v) is 2.30. The molecular weight excluding hydrogens is 248 g/mol. The highest BCUT2D eigenvalue weighted by atomic mass is 32.1. The Labute approximate surface area is 110 Å². The molecule has 1 heterocycles. The summed E-state index contributed by atoms with van der Waals surface area (Å²) in [5, 5.41) is 5.75. The average molecular weight is 262 g/mol. The molecule has 94 valence electrons. The number of thiazole rings is 1. The molecule has 0 aliphatic carbocycles. The van der Waals surface area contributed by atoms with E-state index in [0.717, 1.165) is 11.3 Å². The molecule has 2 rings (SSSR count). The van der Waals surface area contributed by atoms with Gasteiger partial charge < -0.3 is 10.1 Å². The second-order valence-electron chi connectivity index (χ2n) is 3.81. The van der Waals surface area contributed by atoms with Crippen LogP contribution in [0.5, 0.6) is 0 Å². The monoisotopic (exact) mass is 262 g/mol. The first-order valence-corrected chi connectivity index (χ1v) is 6.40. The number of hydrogen-bond acceptors (Lipinski definition) is 5. The van der Waals surface area contributed by atoms with Crippen LogP contribution in [0.4, 0.5) is 5.13 Å². The quantitative estimate of drug-likeness (QED) is 0.861. The summed E-state index contributed by atoms with van der Waals surface area (Å²) in [7, 11) is 1.38. The van der Waals surface area contributed by atoms with Crippen molar-refractivity contribution in [1.82, 2.24) is 4.98 Å². The summed E-state index contributed by atoms with van der Waals surface area (Å²) in [5.74, 6) is -0.325. The van der Waals surface area contributed by atoms with Gasteiger partial charge in [0.2, 0.25) is 0 Å². The molecular formula is C13H14N2O2S. The zero-order valence-electron chi connectivity index (χ0n) is 10.2. The summed E-state index contributed by atoms with van der Waals surface area (Å²) < 4.78 is 4.82. The second-order valence-corrected chi connectivity index (χ2v) is 4.66. The van der Waals surface area contributed by atoms with E-state index < -0.39 is 6.04 Å². The third-order valence-electron chi connectivity index (χ3n) is 2.46. The van der Waals surface area contributed by atoms with Crippen LogP contribution in [0.1, 0.15) is 17.3 Å². The number of carbonyl (C=O) groups is 1. The van der Waals surface area contributed by atoms with E-state index in [-0.39, 0.29) is 5.97 Å². The first-order valence-electron chi connectivity index (χ1n) is 5.52. The van der Waals surface area contributed by atoms with Crippen LogP contribution in [0.3, 0.4) is 0 Å². The number of ether oxygens (including phenoxy) is 1. The molecule has 0 fully saturated rings. The number of hydrogen-bond donors (Lipinski definition) is 1. The summed E-state index contributed by atoms with van der Waals surface area (Å²) >= 11 is 1.47. The lowest BCUT2D eigenvalue weighted by atomic mass is 10.1. The van der Waals surface area contributed by atoms with E-state index in [2.05, 4.69) is 10.3 Å². The van der Waals surface area contributed by atoms with E-state index in [0.29, 0.717) is 5.13 Å². The highest BCUT2D eigenvalue weighted by molar-refractivity contribution is 7.13. The number of methoxy groups -OCH3 is 1. The molecule has 5 heteroatoms. The first kappa shape index (κ1) is 12.6. The van der Waals surface area contributed by atoms with E-state index in [1.807, 2.05) is 42.6 Å². The van der Waals surface area contributed by atoms with Crippen LogP contribution in [0, 0.1) is 6.92 Å². The Morgan fingerprint density at radius 1 is 1.39 bits per heavy atom. The van der Waals surface area contributed by atoms with E-state index in [1.54, 1.807) is 0 Å². The molecule has 0 aliphatic heterocycles. The Morgan fingerprint density at radius 2 is 2.11 bits per heavy atom. The maximum atomic E-state index is 11.8. The molecule has 2 aromatic rings. The smallest absolute Gasteiger partial charge is 0.333 e. The van der Waals surface area contributed by atoms with Gasteiger partial charge in [-0.05, 0) is 12.5 Å². The maximum absolute atomic E-state index is 11.8. The van der Waals surface area contributed by atoms with Gasteiger partial charge in [0.25, 0.3) is 0 Å². The van der Waals surface area contributed by atoms with Crippen molar-refractivity contribution in [1.29, 1.82) is 0 Å². The lowest BCUT2D eigenvalue weighted by Crippen LogP contribution is -2.22. The van der Waals surface area contributed by atoms with Gasteiger partial charge in [-0.1, -0.05) is 30.3 Å². The Bertz CT molecular complexity index is 525. The standard InChI is InChI=1S/C13H14N2O2S/c1-9-8-18-13(14-9)15-11(12(16)17-2)10-6-4-3-5-7-10/h3-8,11H,1-2H3,(H,14,15). The number of rotatable bonds is 4. The third-order valence-corrected chi connectivity index (χ3v) is 3.35. The van der Waals surface area contributed by atoms with Gasteiger partial charge >= 0.3 is 5.97 Å². The number of anilines is 1. The van der Waals surface area contributed by atoms with Gasteiger partial charge in [-0.3, -0.25) is 0 Å². The van der Waals surface area contributed by atoms with E-state index in [4.69, 9.17) is 4.74 Å². The van der Waals surface area contributed by atoms with Gasteiger partial charge in [0.05, 0.1) is 12.8 Å². The number of esters is 1. The number of aryl methyl sites for hydroxylation is 1. The first-order chi connectivity index (χ1) is 8.70. The second kappa shape index (κ2) is 5.64. The van der Waals surface area contributed by atoms with Gasteiger partial charge in [0.15, 0.2) is 11.2 Å². The number of nitrogens with one attached hydrogen (secondary N) is 1. The predicted octanol–water partition coefficient (Wildman–Crippen LogP) is 2.78. The summed E-state index contributed by atoms with van der Waals surface area (Å²) in [6, 6.07) is 8.93. The zero-order valence-corrected chi connectivity index (χ0v) is 11.0. The molecule has 0 saturated carbocycles. The van der Waals surface area contributed by atoms with Crippen LogP contribution in [0.25, 0.3) is 0 Å². The van der Waals surface area contributed by atoms with Crippen LogP contribution in [-0.2, 0) is 9.53 Å². The largest absolute Gasteiger partial charge is 0.467 e. The van der Waals surface area contributed by atoms with Crippen molar-refractivity contribution in [2.24, 2.45) is 0 Å². The Balaban J connectivity index is 2.24. The Hall–Kier alpha value is -1.88. The van der Waals surface area contributed by atoms with Gasteiger partial charge in [-0.25, -0.2) is 9.78 Å². The van der Waals surface area contributed by atoms with Gasteiger partial charge in [0.1, 0.15) is 0 Å². The Morgan fingerprint density at radius 3 is 2.67 bits per heavy atom. The molecule has 0 spiro atoms. The van der Waals surface area contributed by atoms with Gasteiger partial charge in [-0.15, -0.1) is 11.3 Å². The molecule has 0 bridgehead atoms. The lowest BCUT2D eigenvalue weighted by Gasteiger charge is -2.15. The van der Waals surface area contributed by atoms with Gasteiger partial charge in [-0.2, -0.15) is 0 Å². The number of nitrogens with zero attached hydrogens (tertiary/aromatic N) is 1. The van der Waals surface area contributed by atoms with E-state index >= 15 is 0 Å². The topological polar surface area (TPSA) is 51.2 Å². The molecule has 1 unspecified atom stereocenters. The summed E-state index contributed by atoms with van der Waals surface area (Å²) in [6.07, 6.45) is 0. The van der Waals surface area contributed by atoms with Crippen LogP contribution in [0.15, 0.2) is 35.7 Å². The zero-order chi connectivity index (χ0) is 13.0. The van der Waals surface area contributed by atoms with Crippen molar-refractivity contribution in [2.75, 3.05) is 12.4 Å². The predicted molar refractivity (Wildman–Crippen MR) is 71.7 cm³/mol. The fourth-order valence-electron chi connectivity index (χ4n) is 1.59. The van der Waals surface area contributed by atoms with Crippen molar-refractivity contribution in [2.45, 2.75) is 13.0 Å². The fraction of sp³-hybridized carbons (Fsp3) is 0.231. The maximum Gasteiger partial charge on any atom is 0.333 e. The summed E-state index contributed by atoms with van der Waals surface area (Å²) in [5.41, 5.74) is 1.79. The SMILES string of the molecule is COC(=O)C(Nc1nc(C)cs1)c1ccccc1. The van der Waals surface area contributed by atoms with E-state index in [1.165, 1.54) is 18.4 Å². The van der Waals surface area contributed by atoms with Crippen LogP contribution < -0.4 is 5.32 Å². The average Bonchev–Trinajstić information content (AvgIpc) is 2.82. The molecule has 0 saturated heterocycles. The van der Waals surface area contributed by atoms with Crippen molar-refractivity contribution < 1.29 is 9.53 Å². The minimum atomic E-state index is -0.526. The highest BCUT2D eigenvalue weighted by Gasteiger charge is 2.21. The number of benzene rings is 1. The molecule has 4 nitrogen and oxygen atoms in total. The van der Waals surface area contributed by atoms with Crippen molar-refractivity contribution in [3.8, 4) is 0 Å². The minimum Gasteiger partial charge on any atom is -0.467 e. The highest BCUT2D eigenvalue weighted by Crippen LogP contribution is 2.23. The van der Waals surface area contributed by atoms with Crippen molar-refractivity contribution in [3.05, 3.63) is 47.0 Å². The van der Waals surface area contributed by atoms with Gasteiger partial charge in [0, 0.05) is 5.38 Å². The molecule has 1 aromatic heterocycles. The molecule has 18 heavy (non-hydrogen) atoms. The normalized spacial score (nSPS) is 11.9. The molecule has 1 N–H and O–H groups in total. The molecule has 0 radical (unpaired) electrons. The molecule has 0 amide bonds. The molecule has 1 atom stereocenters. The minimum absolute atomic E-state index is 0.325. The lowest BCUT2D eigenvalue weighted by molar-refractivity contribution is -0.141. The third kappa shape index (κ3) is 2.87.